The molecule has 6 aliphatic rings. The molecule has 3 saturated carbocycles. The van der Waals surface area contributed by atoms with Crippen LogP contribution in [0.1, 0.15) is 184 Å². The molecular weight excluding hydrogens is 735 g/mol. The highest BCUT2D eigenvalue weighted by Gasteiger charge is 2.51. The number of hydrogen-bond acceptors (Lipinski definition) is 6. The number of carbonyl (C=O) groups is 1. The summed E-state index contributed by atoms with van der Waals surface area (Å²) >= 11 is 0. The first-order chi connectivity index (χ1) is 28.4. The largest absolute Gasteiger partial charge is 0.481 e. The number of H-pyrrole nitrogens is 1. The summed E-state index contributed by atoms with van der Waals surface area (Å²) in [5.41, 5.74) is 10.5. The number of aliphatic carboxylic acids is 1. The van der Waals surface area contributed by atoms with Crippen molar-refractivity contribution in [1.29, 1.82) is 0 Å². The number of nitrogens with two attached hydrogens (primary N) is 1. The van der Waals surface area contributed by atoms with E-state index in [1.165, 1.54) is 73.9 Å². The Morgan fingerprint density at radius 1 is 0.966 bits per heavy atom. The van der Waals surface area contributed by atoms with Crippen molar-refractivity contribution < 1.29 is 25.2 Å². The van der Waals surface area contributed by atoms with Crippen LogP contribution in [0.15, 0.2) is 41.8 Å². The maximum atomic E-state index is 13.1. The lowest BCUT2D eigenvalue weighted by Crippen LogP contribution is -2.42. The molecule has 330 valence electrons. The SMILES string of the molecule is CCCCCC1C=CC(CCCCC2CCC(c3cc4c([nH]3)CCC(C(C)C3CCCC3)C4C)C3CC(CC4=CCNC(N)=C4)CC3(O)CCC(O)C2C(=O)O)C(O)C1. The van der Waals surface area contributed by atoms with Crippen LogP contribution in [0, 0.1) is 53.3 Å². The number of aromatic amines is 1. The molecule has 13 atom stereocenters. The van der Waals surface area contributed by atoms with Gasteiger partial charge < -0.3 is 36.5 Å². The lowest BCUT2D eigenvalue weighted by Gasteiger charge is -2.40. The van der Waals surface area contributed by atoms with Gasteiger partial charge in [0.2, 0.25) is 0 Å². The molecule has 1 aromatic heterocycles. The second-order valence-electron chi connectivity index (χ2n) is 20.8. The van der Waals surface area contributed by atoms with Crippen molar-refractivity contribution in [3.63, 3.8) is 0 Å². The normalized spacial score (nSPS) is 37.2. The fourth-order valence-electron chi connectivity index (χ4n) is 13.7. The summed E-state index contributed by atoms with van der Waals surface area (Å²) in [6.45, 7) is 7.92. The van der Waals surface area contributed by atoms with Crippen LogP contribution < -0.4 is 11.1 Å². The maximum Gasteiger partial charge on any atom is 0.309 e. The van der Waals surface area contributed by atoms with Gasteiger partial charge in [-0.15, -0.1) is 0 Å². The zero-order valence-corrected chi connectivity index (χ0v) is 36.9. The molecule has 8 heteroatoms. The van der Waals surface area contributed by atoms with Crippen molar-refractivity contribution >= 4 is 5.97 Å². The van der Waals surface area contributed by atoms with Crippen LogP contribution in [-0.4, -0.2) is 55.7 Å². The number of aliphatic hydroxyl groups excluding tert-OH is 2. The fraction of sp³-hybridized carbons (Fsp3) is 0.784. The fourth-order valence-corrected chi connectivity index (χ4v) is 13.7. The highest BCUT2D eigenvalue weighted by atomic mass is 16.4. The Bertz CT molecular complexity index is 1630. The zero-order chi connectivity index (χ0) is 41.7. The number of carboxylic acids is 1. The summed E-state index contributed by atoms with van der Waals surface area (Å²) in [6, 6.07) is 2.48. The summed E-state index contributed by atoms with van der Waals surface area (Å²) in [5, 5.41) is 49.5. The number of dihydropyridines is 1. The van der Waals surface area contributed by atoms with Crippen LogP contribution in [0.2, 0.25) is 0 Å². The van der Waals surface area contributed by atoms with E-state index in [9.17, 15) is 25.2 Å². The van der Waals surface area contributed by atoms with E-state index in [-0.39, 0.29) is 42.1 Å². The Labute approximate surface area is 356 Å². The first-order valence-electron chi connectivity index (χ1n) is 24.5. The first-order valence-corrected chi connectivity index (χ1v) is 24.5. The van der Waals surface area contributed by atoms with Gasteiger partial charge in [-0.3, -0.25) is 4.79 Å². The van der Waals surface area contributed by atoms with Crippen LogP contribution in [0.3, 0.4) is 0 Å². The Morgan fingerprint density at radius 2 is 1.75 bits per heavy atom. The lowest BCUT2D eigenvalue weighted by atomic mass is 9.68. The molecule has 0 amide bonds. The molecule has 0 spiro atoms. The Morgan fingerprint density at radius 3 is 2.49 bits per heavy atom. The molecule has 3 fully saturated rings. The third-order valence-corrected chi connectivity index (χ3v) is 17.1. The summed E-state index contributed by atoms with van der Waals surface area (Å²) in [5.74, 6) is 2.51. The van der Waals surface area contributed by atoms with E-state index in [1.807, 2.05) is 6.08 Å². The second-order valence-corrected chi connectivity index (χ2v) is 20.8. The molecule has 0 aromatic carbocycles. The molecule has 0 radical (unpaired) electrons. The van der Waals surface area contributed by atoms with E-state index in [4.69, 9.17) is 5.73 Å². The predicted molar refractivity (Wildman–Crippen MR) is 237 cm³/mol. The van der Waals surface area contributed by atoms with Gasteiger partial charge in [0, 0.05) is 29.8 Å². The van der Waals surface area contributed by atoms with Gasteiger partial charge in [-0.2, -0.15) is 0 Å². The second kappa shape index (κ2) is 20.1. The van der Waals surface area contributed by atoms with E-state index < -0.39 is 23.6 Å². The highest BCUT2D eigenvalue weighted by molar-refractivity contribution is 5.71. The average Bonchev–Trinajstić information content (AvgIpc) is 3.97. The summed E-state index contributed by atoms with van der Waals surface area (Å²) in [6.07, 6.45) is 29.1. The Kier molecular flexibility index (Phi) is 15.2. The standard InChI is InChI=1S/C51H81N3O5/c1-4-5-6-11-34-16-17-38(47(56)28-34)14-9-10-15-39-18-19-41(45-30-42-33(3)40(20-21-44(42)54-45)32(2)37-12-7-8-13-37)43-27-36(26-35-23-25-53-48(52)29-35)31-51(43,59)24-22-46(55)49(39)50(57)58/h16-17,23,29-30,32-34,36-41,43,46-47,49,53-56,59H,4-15,18-22,24-28,31,52H2,1-3H3,(H,57,58). The van der Waals surface area contributed by atoms with Crippen molar-refractivity contribution in [3.8, 4) is 0 Å². The van der Waals surface area contributed by atoms with Gasteiger partial charge in [0.1, 0.15) is 0 Å². The van der Waals surface area contributed by atoms with Gasteiger partial charge in [-0.05, 0) is 154 Å². The molecule has 8 N–H and O–H groups in total. The molecule has 59 heavy (non-hydrogen) atoms. The summed E-state index contributed by atoms with van der Waals surface area (Å²) in [7, 11) is 0. The van der Waals surface area contributed by atoms with Crippen molar-refractivity contribution in [2.24, 2.45) is 59.0 Å². The van der Waals surface area contributed by atoms with E-state index in [0.29, 0.717) is 42.8 Å². The molecule has 0 saturated heterocycles. The van der Waals surface area contributed by atoms with Crippen LogP contribution in [0.4, 0.5) is 0 Å². The number of aryl methyl sites for hydroxylation is 1. The minimum absolute atomic E-state index is 0.0133. The number of hydrogen-bond donors (Lipinski definition) is 7. The van der Waals surface area contributed by atoms with E-state index in [2.05, 4.69) is 55.4 Å². The molecule has 1 aromatic rings. The number of nitrogens with one attached hydrogen (secondary N) is 2. The number of unbranched alkanes of at least 4 members (excludes halogenated alkanes) is 3. The number of aromatic nitrogens is 1. The van der Waals surface area contributed by atoms with Gasteiger partial charge in [-0.25, -0.2) is 0 Å². The number of aliphatic hydroxyl groups is 3. The summed E-state index contributed by atoms with van der Waals surface area (Å²) in [4.78, 5) is 17.1. The monoisotopic (exact) mass is 816 g/mol. The third-order valence-electron chi connectivity index (χ3n) is 17.1. The molecule has 2 heterocycles. The maximum absolute atomic E-state index is 13.1. The number of allylic oxidation sites excluding steroid dienone is 3. The van der Waals surface area contributed by atoms with Crippen LogP contribution in [0.25, 0.3) is 0 Å². The molecule has 0 bridgehead atoms. The van der Waals surface area contributed by atoms with Crippen LogP contribution in [-0.2, 0) is 11.2 Å². The Hall–Kier alpha value is -2.55. The van der Waals surface area contributed by atoms with Gasteiger partial charge in [0.15, 0.2) is 0 Å². The van der Waals surface area contributed by atoms with Gasteiger partial charge in [0.25, 0.3) is 0 Å². The molecule has 8 nitrogen and oxygen atoms in total. The summed E-state index contributed by atoms with van der Waals surface area (Å²) < 4.78 is 0. The van der Waals surface area contributed by atoms with E-state index in [0.717, 1.165) is 82.6 Å². The van der Waals surface area contributed by atoms with Gasteiger partial charge in [0.05, 0.1) is 29.5 Å². The van der Waals surface area contributed by atoms with Crippen molar-refractivity contribution in [2.45, 2.75) is 192 Å². The van der Waals surface area contributed by atoms with Crippen molar-refractivity contribution in [3.05, 3.63) is 58.7 Å². The minimum atomic E-state index is -1.00. The molecule has 1 aliphatic heterocycles. The number of fused-ring (bicyclic) bond motifs is 2. The molecule has 5 aliphatic carbocycles. The highest BCUT2D eigenvalue weighted by Crippen LogP contribution is 2.55. The van der Waals surface area contributed by atoms with E-state index >= 15 is 0 Å². The van der Waals surface area contributed by atoms with Gasteiger partial charge >= 0.3 is 5.97 Å². The molecule has 7 rings (SSSR count). The molecule has 13 unspecified atom stereocenters. The zero-order valence-electron chi connectivity index (χ0n) is 36.9. The predicted octanol–water partition coefficient (Wildman–Crippen LogP) is 10.0. The minimum Gasteiger partial charge on any atom is -0.481 e. The Balaban J connectivity index is 1.11. The number of rotatable bonds is 15. The van der Waals surface area contributed by atoms with Crippen LogP contribution in [0.5, 0.6) is 0 Å². The van der Waals surface area contributed by atoms with Gasteiger partial charge in [-0.1, -0.05) is 96.8 Å². The van der Waals surface area contributed by atoms with Crippen molar-refractivity contribution in [2.75, 3.05) is 6.54 Å². The average molecular weight is 816 g/mol. The smallest absolute Gasteiger partial charge is 0.309 e. The number of carboxylic acid groups (broad SMARTS) is 1. The van der Waals surface area contributed by atoms with Crippen molar-refractivity contribution in [1.82, 2.24) is 10.3 Å². The topological polar surface area (TPSA) is 152 Å². The van der Waals surface area contributed by atoms with Crippen LogP contribution >= 0.6 is 0 Å². The third kappa shape index (κ3) is 10.6. The first kappa shape index (κ1) is 44.5. The van der Waals surface area contributed by atoms with E-state index in [1.54, 1.807) is 0 Å². The molecular formula is C51H81N3O5. The lowest BCUT2D eigenvalue weighted by molar-refractivity contribution is -0.150. The quantitative estimate of drug-likeness (QED) is 0.0688.